The zero-order valence-corrected chi connectivity index (χ0v) is 12.8. The lowest BCUT2D eigenvalue weighted by Crippen LogP contribution is -2.21. The molecule has 3 aromatic rings. The van der Waals surface area contributed by atoms with Crippen LogP contribution in [0.2, 0.25) is 0 Å². The van der Waals surface area contributed by atoms with Gasteiger partial charge in [0.05, 0.1) is 6.26 Å². The molecule has 0 aliphatic carbocycles. The molecule has 0 N–H and O–H groups in total. The van der Waals surface area contributed by atoms with Gasteiger partial charge in [-0.15, -0.1) is 0 Å². The molecule has 0 saturated heterocycles. The van der Waals surface area contributed by atoms with Crippen molar-refractivity contribution in [2.75, 3.05) is 18.5 Å². The number of likely N-dealkylation sites (N-methyl/N-ethyl adjacent to an activating group) is 1. The third-order valence-corrected chi connectivity index (χ3v) is 3.85. The van der Waals surface area contributed by atoms with E-state index in [1.165, 1.54) is 10.9 Å². The molecule has 0 saturated carbocycles. The average molecular weight is 331 g/mol. The molecule has 0 atom stereocenters. The molecule has 2 aromatic heterocycles. The molecule has 3 rings (SSSR count). The molecule has 102 valence electrons. The molecular formula is C16H15BrN2O. The molecule has 0 amide bonds. The number of furan rings is 1. The minimum atomic E-state index is 0.901. The minimum absolute atomic E-state index is 0.901. The number of hydrogen-bond donors (Lipinski definition) is 0. The number of anilines is 1. The molecule has 0 aliphatic rings. The Morgan fingerprint density at radius 1 is 1.20 bits per heavy atom. The van der Waals surface area contributed by atoms with E-state index in [1.807, 2.05) is 42.8 Å². The number of benzene rings is 1. The smallest absolute Gasteiger partial charge is 0.134 e. The van der Waals surface area contributed by atoms with E-state index >= 15 is 0 Å². The van der Waals surface area contributed by atoms with Crippen LogP contribution in [0.1, 0.15) is 5.56 Å². The third-order valence-electron chi connectivity index (χ3n) is 3.38. The number of para-hydroxylation sites is 1. The second-order valence-electron chi connectivity index (χ2n) is 4.76. The van der Waals surface area contributed by atoms with E-state index in [-0.39, 0.29) is 0 Å². The summed E-state index contributed by atoms with van der Waals surface area (Å²) in [4.78, 5) is 6.54. The summed E-state index contributed by atoms with van der Waals surface area (Å²) in [6, 6.07) is 12.2. The molecule has 3 nitrogen and oxygen atoms in total. The van der Waals surface area contributed by atoms with E-state index in [9.17, 15) is 0 Å². The molecule has 1 aromatic carbocycles. The van der Waals surface area contributed by atoms with Crippen LogP contribution in [0.25, 0.3) is 11.0 Å². The molecule has 0 spiro atoms. The first-order chi connectivity index (χ1) is 9.74. The molecular weight excluding hydrogens is 316 g/mol. The van der Waals surface area contributed by atoms with Crippen LogP contribution in [0.4, 0.5) is 5.82 Å². The maximum atomic E-state index is 5.56. The molecule has 0 radical (unpaired) electrons. The Kier molecular flexibility index (Phi) is 3.74. The summed E-state index contributed by atoms with van der Waals surface area (Å²) >= 11 is 3.40. The molecule has 0 unspecified atom stereocenters. The lowest BCUT2D eigenvalue weighted by atomic mass is 10.1. The van der Waals surface area contributed by atoms with Crippen LogP contribution in [0, 0.1) is 0 Å². The largest absolute Gasteiger partial charge is 0.464 e. The SMILES string of the molecule is CN(CCc1coc2ccccc12)c1ccc(Br)cn1. The maximum absolute atomic E-state index is 5.56. The predicted octanol–water partition coefficient (Wildman–Crippen LogP) is 4.27. The molecule has 2 heterocycles. The van der Waals surface area contributed by atoms with Crippen LogP contribution in [-0.4, -0.2) is 18.6 Å². The Morgan fingerprint density at radius 2 is 2.05 bits per heavy atom. The second kappa shape index (κ2) is 5.67. The molecule has 0 aliphatic heterocycles. The Bertz CT molecular complexity index is 706. The summed E-state index contributed by atoms with van der Waals surface area (Å²) in [6.45, 7) is 0.901. The zero-order valence-electron chi connectivity index (χ0n) is 11.2. The first kappa shape index (κ1) is 13.2. The van der Waals surface area contributed by atoms with Crippen LogP contribution in [0.15, 0.2) is 57.7 Å². The Morgan fingerprint density at radius 3 is 2.85 bits per heavy atom. The zero-order chi connectivity index (χ0) is 13.9. The van der Waals surface area contributed by atoms with Crippen LogP contribution >= 0.6 is 15.9 Å². The summed E-state index contributed by atoms with van der Waals surface area (Å²) in [7, 11) is 2.05. The molecule has 0 bridgehead atoms. The molecule has 0 fully saturated rings. The van der Waals surface area contributed by atoms with Crippen LogP contribution in [0.5, 0.6) is 0 Å². The van der Waals surface area contributed by atoms with E-state index < -0.39 is 0 Å². The van der Waals surface area contributed by atoms with Gasteiger partial charge in [0.15, 0.2) is 0 Å². The summed E-state index contributed by atoms with van der Waals surface area (Å²) in [5.74, 6) is 0.973. The number of nitrogens with zero attached hydrogens (tertiary/aromatic N) is 2. The number of pyridine rings is 1. The highest BCUT2D eigenvalue weighted by atomic mass is 79.9. The van der Waals surface area contributed by atoms with E-state index in [0.29, 0.717) is 0 Å². The first-order valence-electron chi connectivity index (χ1n) is 6.52. The second-order valence-corrected chi connectivity index (χ2v) is 5.68. The van der Waals surface area contributed by atoms with Crippen molar-refractivity contribution >= 4 is 32.7 Å². The Labute approximate surface area is 126 Å². The van der Waals surface area contributed by atoms with Gasteiger partial charge in [-0.2, -0.15) is 0 Å². The number of fused-ring (bicyclic) bond motifs is 1. The quantitative estimate of drug-likeness (QED) is 0.715. The minimum Gasteiger partial charge on any atom is -0.464 e. The van der Waals surface area contributed by atoms with Crippen LogP contribution in [0.3, 0.4) is 0 Å². The molecule has 4 heteroatoms. The summed E-state index contributed by atoms with van der Waals surface area (Å²) in [6.07, 6.45) is 4.61. The van der Waals surface area contributed by atoms with Crippen molar-refractivity contribution in [1.29, 1.82) is 0 Å². The van der Waals surface area contributed by atoms with E-state index in [4.69, 9.17) is 4.42 Å². The predicted molar refractivity (Wildman–Crippen MR) is 85.1 cm³/mol. The highest BCUT2D eigenvalue weighted by Crippen LogP contribution is 2.21. The fourth-order valence-electron chi connectivity index (χ4n) is 2.22. The number of rotatable bonds is 4. The van der Waals surface area contributed by atoms with Gasteiger partial charge < -0.3 is 9.32 Å². The maximum Gasteiger partial charge on any atom is 0.134 e. The van der Waals surface area contributed by atoms with Crippen molar-refractivity contribution in [3.05, 3.63) is 58.9 Å². The first-order valence-corrected chi connectivity index (χ1v) is 7.31. The topological polar surface area (TPSA) is 29.3 Å². The number of halogens is 1. The van der Waals surface area contributed by atoms with Gasteiger partial charge in [0, 0.05) is 29.6 Å². The van der Waals surface area contributed by atoms with Crippen molar-refractivity contribution in [3.8, 4) is 0 Å². The average Bonchev–Trinajstić information content (AvgIpc) is 2.89. The molecule has 20 heavy (non-hydrogen) atoms. The van der Waals surface area contributed by atoms with Gasteiger partial charge in [-0.3, -0.25) is 0 Å². The standard InChI is InChI=1S/C16H15BrN2O/c1-19(16-7-6-13(17)10-18-16)9-8-12-11-20-15-5-3-2-4-14(12)15/h2-7,10-11H,8-9H2,1H3. The van der Waals surface area contributed by atoms with Gasteiger partial charge in [0.2, 0.25) is 0 Å². The highest BCUT2D eigenvalue weighted by Gasteiger charge is 2.07. The van der Waals surface area contributed by atoms with Crippen LogP contribution in [-0.2, 0) is 6.42 Å². The van der Waals surface area contributed by atoms with Crippen molar-refractivity contribution in [3.63, 3.8) is 0 Å². The fourth-order valence-corrected chi connectivity index (χ4v) is 2.46. The van der Waals surface area contributed by atoms with Gasteiger partial charge in [0.25, 0.3) is 0 Å². The monoisotopic (exact) mass is 330 g/mol. The van der Waals surface area contributed by atoms with Gasteiger partial charge in [-0.25, -0.2) is 4.98 Å². The van der Waals surface area contributed by atoms with Gasteiger partial charge in [-0.05, 0) is 46.1 Å². The van der Waals surface area contributed by atoms with Gasteiger partial charge >= 0.3 is 0 Å². The van der Waals surface area contributed by atoms with Gasteiger partial charge in [0.1, 0.15) is 11.4 Å². The van der Waals surface area contributed by atoms with Crippen molar-refractivity contribution in [1.82, 2.24) is 4.98 Å². The lowest BCUT2D eigenvalue weighted by molar-refractivity contribution is 0.610. The Balaban J connectivity index is 1.71. The summed E-state index contributed by atoms with van der Waals surface area (Å²) < 4.78 is 6.56. The van der Waals surface area contributed by atoms with E-state index in [0.717, 1.165) is 28.8 Å². The van der Waals surface area contributed by atoms with Crippen LogP contribution < -0.4 is 4.90 Å². The normalized spacial score (nSPS) is 10.9. The van der Waals surface area contributed by atoms with Crippen molar-refractivity contribution in [2.45, 2.75) is 6.42 Å². The highest BCUT2D eigenvalue weighted by molar-refractivity contribution is 9.10. The summed E-state index contributed by atoms with van der Waals surface area (Å²) in [5, 5.41) is 1.20. The van der Waals surface area contributed by atoms with E-state index in [1.54, 1.807) is 0 Å². The Hall–Kier alpha value is -1.81. The number of hydrogen-bond acceptors (Lipinski definition) is 3. The number of aromatic nitrogens is 1. The fraction of sp³-hybridized carbons (Fsp3) is 0.188. The van der Waals surface area contributed by atoms with Crippen molar-refractivity contribution in [2.24, 2.45) is 0 Å². The third kappa shape index (κ3) is 2.70. The summed E-state index contributed by atoms with van der Waals surface area (Å²) in [5.41, 5.74) is 2.19. The van der Waals surface area contributed by atoms with Crippen molar-refractivity contribution < 1.29 is 4.42 Å². The lowest BCUT2D eigenvalue weighted by Gasteiger charge is -2.17. The van der Waals surface area contributed by atoms with Gasteiger partial charge in [-0.1, -0.05) is 18.2 Å². The van der Waals surface area contributed by atoms with E-state index in [2.05, 4.69) is 38.9 Å².